The van der Waals surface area contributed by atoms with Crippen LogP contribution < -0.4 is 5.73 Å². The molecule has 0 saturated carbocycles. The highest BCUT2D eigenvalue weighted by molar-refractivity contribution is 4.85. The summed E-state index contributed by atoms with van der Waals surface area (Å²) in [6, 6.07) is 0.753. The molecule has 2 N–H and O–H groups in total. The maximum absolute atomic E-state index is 6.03. The molecule has 1 aliphatic heterocycles. The molecule has 1 heterocycles. The minimum Gasteiger partial charge on any atom is -0.382 e. The molecule has 4 heteroatoms. The van der Waals surface area contributed by atoms with Gasteiger partial charge >= 0.3 is 0 Å². The monoisotopic (exact) mass is 216 g/mol. The second-order valence-electron chi connectivity index (χ2n) is 4.44. The standard InChI is InChI=1S/C11H24N2O2/c1-9(2)13-5-4-10(12)11(8-13)15-7-6-14-3/h9-11H,4-8,12H2,1-3H3/t10?,11-/m0/s1. The number of rotatable bonds is 5. The van der Waals surface area contributed by atoms with Crippen LogP contribution in [0.3, 0.4) is 0 Å². The van der Waals surface area contributed by atoms with Crippen molar-refractivity contribution in [2.45, 2.75) is 38.5 Å². The topological polar surface area (TPSA) is 47.7 Å². The summed E-state index contributed by atoms with van der Waals surface area (Å²) in [5.74, 6) is 0. The van der Waals surface area contributed by atoms with Crippen LogP contribution in [0.1, 0.15) is 20.3 Å². The third-order valence-electron chi connectivity index (χ3n) is 2.99. The molecule has 0 amide bonds. The highest BCUT2D eigenvalue weighted by Gasteiger charge is 2.28. The predicted molar refractivity (Wildman–Crippen MR) is 60.9 cm³/mol. The van der Waals surface area contributed by atoms with Gasteiger partial charge in [-0.3, -0.25) is 4.90 Å². The molecule has 1 unspecified atom stereocenters. The van der Waals surface area contributed by atoms with Crippen molar-refractivity contribution in [2.24, 2.45) is 5.73 Å². The van der Waals surface area contributed by atoms with Crippen molar-refractivity contribution in [2.75, 3.05) is 33.4 Å². The summed E-state index contributed by atoms with van der Waals surface area (Å²) in [6.07, 6.45) is 1.19. The van der Waals surface area contributed by atoms with Crippen LogP contribution in [0.15, 0.2) is 0 Å². The minimum absolute atomic E-state index is 0.163. The lowest BCUT2D eigenvalue weighted by molar-refractivity contribution is -0.0371. The van der Waals surface area contributed by atoms with E-state index >= 15 is 0 Å². The number of nitrogens with zero attached hydrogens (tertiary/aromatic N) is 1. The molecule has 0 spiro atoms. The third kappa shape index (κ3) is 4.07. The molecule has 2 atom stereocenters. The number of hydrogen-bond acceptors (Lipinski definition) is 4. The molecule has 0 radical (unpaired) electrons. The van der Waals surface area contributed by atoms with E-state index in [2.05, 4.69) is 18.7 Å². The SMILES string of the molecule is COCCO[C@H]1CN(C(C)C)CCC1N. The van der Waals surface area contributed by atoms with Crippen LogP contribution in [0.25, 0.3) is 0 Å². The Morgan fingerprint density at radius 3 is 2.73 bits per heavy atom. The van der Waals surface area contributed by atoms with Crippen molar-refractivity contribution in [3.8, 4) is 0 Å². The molecule has 4 nitrogen and oxygen atoms in total. The van der Waals surface area contributed by atoms with Crippen LogP contribution >= 0.6 is 0 Å². The lowest BCUT2D eigenvalue weighted by atomic mass is 10.0. The van der Waals surface area contributed by atoms with Gasteiger partial charge < -0.3 is 15.2 Å². The summed E-state index contributed by atoms with van der Waals surface area (Å²) in [6.45, 7) is 7.74. The first kappa shape index (κ1) is 12.9. The highest BCUT2D eigenvalue weighted by atomic mass is 16.5. The van der Waals surface area contributed by atoms with Gasteiger partial charge in [-0.05, 0) is 20.3 Å². The van der Waals surface area contributed by atoms with Gasteiger partial charge in [0.1, 0.15) is 0 Å². The average molecular weight is 216 g/mol. The quantitative estimate of drug-likeness (QED) is 0.678. The smallest absolute Gasteiger partial charge is 0.0854 e. The zero-order valence-corrected chi connectivity index (χ0v) is 10.1. The maximum Gasteiger partial charge on any atom is 0.0854 e. The first-order valence-corrected chi connectivity index (χ1v) is 5.75. The molecule has 0 aromatic rings. The number of piperidine rings is 1. The molecule has 0 bridgehead atoms. The predicted octanol–water partition coefficient (Wildman–Crippen LogP) is 0.459. The molecule has 1 saturated heterocycles. The van der Waals surface area contributed by atoms with Gasteiger partial charge in [0.05, 0.1) is 19.3 Å². The second kappa shape index (κ2) is 6.43. The molecule has 0 aliphatic carbocycles. The molecule has 1 fully saturated rings. The van der Waals surface area contributed by atoms with Gasteiger partial charge in [-0.25, -0.2) is 0 Å². The fraction of sp³-hybridized carbons (Fsp3) is 1.00. The molecule has 1 aliphatic rings. The van der Waals surface area contributed by atoms with Crippen LogP contribution in [0, 0.1) is 0 Å². The largest absolute Gasteiger partial charge is 0.382 e. The van der Waals surface area contributed by atoms with Crippen molar-refractivity contribution < 1.29 is 9.47 Å². The van der Waals surface area contributed by atoms with E-state index in [4.69, 9.17) is 15.2 Å². The number of nitrogens with two attached hydrogens (primary N) is 1. The Morgan fingerprint density at radius 1 is 1.40 bits per heavy atom. The zero-order valence-electron chi connectivity index (χ0n) is 10.1. The second-order valence-corrected chi connectivity index (χ2v) is 4.44. The van der Waals surface area contributed by atoms with E-state index in [0.29, 0.717) is 19.3 Å². The molecular weight excluding hydrogens is 192 g/mol. The van der Waals surface area contributed by atoms with Crippen LogP contribution in [0.5, 0.6) is 0 Å². The van der Waals surface area contributed by atoms with Crippen molar-refractivity contribution in [3.05, 3.63) is 0 Å². The van der Waals surface area contributed by atoms with Crippen molar-refractivity contribution in [1.29, 1.82) is 0 Å². The van der Waals surface area contributed by atoms with E-state index < -0.39 is 0 Å². The number of methoxy groups -OCH3 is 1. The molecule has 0 aromatic heterocycles. The summed E-state index contributed by atoms with van der Waals surface area (Å²) in [5, 5.41) is 0. The fourth-order valence-corrected chi connectivity index (χ4v) is 1.89. The zero-order chi connectivity index (χ0) is 11.3. The van der Waals surface area contributed by atoms with E-state index in [1.54, 1.807) is 7.11 Å². The van der Waals surface area contributed by atoms with Crippen LogP contribution in [0.4, 0.5) is 0 Å². The van der Waals surface area contributed by atoms with Crippen LogP contribution in [-0.4, -0.2) is 56.5 Å². The number of hydrogen-bond donors (Lipinski definition) is 1. The van der Waals surface area contributed by atoms with Crippen LogP contribution in [0.2, 0.25) is 0 Å². The Hall–Kier alpha value is -0.160. The molecule has 1 rings (SSSR count). The molecule has 0 aromatic carbocycles. The first-order valence-electron chi connectivity index (χ1n) is 5.75. The molecular formula is C11H24N2O2. The summed E-state index contributed by atoms with van der Waals surface area (Å²) in [4.78, 5) is 2.42. The van der Waals surface area contributed by atoms with Gasteiger partial charge in [0.25, 0.3) is 0 Å². The normalized spacial score (nSPS) is 28.6. The molecule has 90 valence electrons. The van der Waals surface area contributed by atoms with E-state index in [-0.39, 0.29) is 12.1 Å². The van der Waals surface area contributed by atoms with Gasteiger partial charge in [-0.15, -0.1) is 0 Å². The average Bonchev–Trinajstić information content (AvgIpc) is 2.20. The van der Waals surface area contributed by atoms with E-state index in [0.717, 1.165) is 19.5 Å². The first-order chi connectivity index (χ1) is 7.15. The minimum atomic E-state index is 0.163. The number of ether oxygens (including phenoxy) is 2. The van der Waals surface area contributed by atoms with Gasteiger partial charge in [0.2, 0.25) is 0 Å². The Balaban J connectivity index is 2.32. The Morgan fingerprint density at radius 2 is 2.13 bits per heavy atom. The summed E-state index contributed by atoms with van der Waals surface area (Å²) < 4.78 is 10.7. The van der Waals surface area contributed by atoms with Gasteiger partial charge in [0, 0.05) is 32.3 Å². The lowest BCUT2D eigenvalue weighted by Crippen LogP contribution is -2.53. The number of likely N-dealkylation sites (tertiary alicyclic amines) is 1. The third-order valence-corrected chi connectivity index (χ3v) is 2.99. The molecule has 15 heavy (non-hydrogen) atoms. The lowest BCUT2D eigenvalue weighted by Gasteiger charge is -2.38. The Labute approximate surface area is 92.7 Å². The van der Waals surface area contributed by atoms with Crippen molar-refractivity contribution >= 4 is 0 Å². The van der Waals surface area contributed by atoms with E-state index in [1.807, 2.05) is 0 Å². The Kier molecular flexibility index (Phi) is 5.53. The van der Waals surface area contributed by atoms with Crippen LogP contribution in [-0.2, 0) is 9.47 Å². The summed E-state index contributed by atoms with van der Waals surface area (Å²) in [5.41, 5.74) is 6.03. The van der Waals surface area contributed by atoms with Crippen molar-refractivity contribution in [1.82, 2.24) is 4.90 Å². The van der Waals surface area contributed by atoms with Gasteiger partial charge in [0.15, 0.2) is 0 Å². The Bertz CT molecular complexity index is 176. The summed E-state index contributed by atoms with van der Waals surface area (Å²) in [7, 11) is 1.69. The highest BCUT2D eigenvalue weighted by Crippen LogP contribution is 2.14. The fourth-order valence-electron chi connectivity index (χ4n) is 1.89. The van der Waals surface area contributed by atoms with Crippen molar-refractivity contribution in [3.63, 3.8) is 0 Å². The van der Waals surface area contributed by atoms with Gasteiger partial charge in [-0.1, -0.05) is 0 Å². The maximum atomic E-state index is 6.03. The van der Waals surface area contributed by atoms with E-state index in [1.165, 1.54) is 0 Å². The van der Waals surface area contributed by atoms with Gasteiger partial charge in [-0.2, -0.15) is 0 Å². The summed E-state index contributed by atoms with van der Waals surface area (Å²) >= 11 is 0. The van der Waals surface area contributed by atoms with E-state index in [9.17, 15) is 0 Å².